The third kappa shape index (κ3) is 8.23. The second-order valence-electron chi connectivity index (χ2n) is 7.19. The van der Waals surface area contributed by atoms with Crippen LogP contribution in [0.4, 0.5) is 10.5 Å². The fourth-order valence-corrected chi connectivity index (χ4v) is 2.44. The molecule has 2 aromatic carbocycles. The largest absolute Gasteiger partial charge is 0.452 e. The zero-order valence-electron chi connectivity index (χ0n) is 16.5. The highest BCUT2D eigenvalue weighted by molar-refractivity contribution is 6.30. The van der Waals surface area contributed by atoms with Crippen LogP contribution in [0.25, 0.3) is 0 Å². The van der Waals surface area contributed by atoms with Gasteiger partial charge in [-0.25, -0.2) is 9.59 Å². The van der Waals surface area contributed by atoms with Gasteiger partial charge >= 0.3 is 12.1 Å². The Hall–Kier alpha value is -3.06. The molecule has 0 aromatic heterocycles. The van der Waals surface area contributed by atoms with Gasteiger partial charge in [0.2, 0.25) is 0 Å². The normalized spacial score (nSPS) is 10.8. The van der Waals surface area contributed by atoms with E-state index in [9.17, 15) is 14.4 Å². The van der Waals surface area contributed by atoms with Gasteiger partial charge < -0.3 is 14.8 Å². The maximum absolute atomic E-state index is 12.1. The molecule has 0 aliphatic heterocycles. The number of nitrogens with one attached hydrogen (secondary N) is 2. The molecule has 0 saturated heterocycles. The SMILES string of the molecule is CC(C)(C)OC(=O)Nc1ccc(C(=O)OCC(=O)NCc2cccc(Cl)c2)cc1. The number of hydrogen-bond acceptors (Lipinski definition) is 5. The van der Waals surface area contributed by atoms with Crippen molar-refractivity contribution in [3.05, 3.63) is 64.7 Å². The van der Waals surface area contributed by atoms with Crippen molar-refractivity contribution in [2.75, 3.05) is 11.9 Å². The van der Waals surface area contributed by atoms with Crippen LogP contribution in [0.15, 0.2) is 48.5 Å². The number of benzene rings is 2. The van der Waals surface area contributed by atoms with E-state index in [1.165, 1.54) is 12.1 Å². The second-order valence-corrected chi connectivity index (χ2v) is 7.62. The molecule has 2 N–H and O–H groups in total. The van der Waals surface area contributed by atoms with Gasteiger partial charge in [0.25, 0.3) is 5.91 Å². The van der Waals surface area contributed by atoms with Crippen molar-refractivity contribution in [2.24, 2.45) is 0 Å². The standard InChI is InChI=1S/C21H23ClN2O5/c1-21(2,3)29-20(27)24-17-9-7-15(8-10-17)19(26)28-13-18(25)23-12-14-5-4-6-16(22)11-14/h4-11H,12-13H2,1-3H3,(H,23,25)(H,24,27). The Kier molecular flexibility index (Phi) is 7.61. The number of amides is 2. The van der Waals surface area contributed by atoms with Gasteiger partial charge in [0.1, 0.15) is 5.60 Å². The Labute approximate surface area is 174 Å². The summed E-state index contributed by atoms with van der Waals surface area (Å²) in [5.41, 5.74) is 0.948. The number of esters is 1. The average Bonchev–Trinajstić information content (AvgIpc) is 2.63. The Morgan fingerprint density at radius 1 is 1.03 bits per heavy atom. The van der Waals surface area contributed by atoms with Crippen LogP contribution in [0, 0.1) is 0 Å². The van der Waals surface area contributed by atoms with Crippen LogP contribution in [0.5, 0.6) is 0 Å². The lowest BCUT2D eigenvalue weighted by molar-refractivity contribution is -0.124. The summed E-state index contributed by atoms with van der Waals surface area (Å²) in [6, 6.07) is 13.1. The predicted molar refractivity (Wildman–Crippen MR) is 110 cm³/mol. The van der Waals surface area contributed by atoms with Crippen molar-refractivity contribution in [1.29, 1.82) is 0 Å². The molecule has 0 heterocycles. The third-order valence-corrected chi connectivity index (χ3v) is 3.71. The molecule has 0 unspecified atom stereocenters. The predicted octanol–water partition coefficient (Wildman–Crippen LogP) is 4.16. The first-order valence-corrected chi connectivity index (χ1v) is 9.28. The number of carbonyl (C=O) groups is 3. The van der Waals surface area contributed by atoms with E-state index >= 15 is 0 Å². The van der Waals surface area contributed by atoms with Crippen LogP contribution in [-0.2, 0) is 20.8 Å². The molecule has 8 heteroatoms. The van der Waals surface area contributed by atoms with E-state index in [1.54, 1.807) is 51.1 Å². The highest BCUT2D eigenvalue weighted by Gasteiger charge is 2.16. The minimum atomic E-state index is -0.647. The molecule has 0 radical (unpaired) electrons. The Morgan fingerprint density at radius 2 is 1.72 bits per heavy atom. The summed E-state index contributed by atoms with van der Waals surface area (Å²) in [4.78, 5) is 35.6. The van der Waals surface area contributed by atoms with Gasteiger partial charge in [0.15, 0.2) is 6.61 Å². The van der Waals surface area contributed by atoms with Gasteiger partial charge in [-0.1, -0.05) is 23.7 Å². The monoisotopic (exact) mass is 418 g/mol. The van der Waals surface area contributed by atoms with E-state index in [-0.39, 0.29) is 12.1 Å². The molecule has 0 aliphatic rings. The second kappa shape index (κ2) is 9.93. The number of hydrogen-bond donors (Lipinski definition) is 2. The maximum Gasteiger partial charge on any atom is 0.412 e. The maximum atomic E-state index is 12.1. The summed E-state index contributed by atoms with van der Waals surface area (Å²) in [6.45, 7) is 5.16. The number of carbonyl (C=O) groups excluding carboxylic acids is 3. The van der Waals surface area contributed by atoms with Crippen LogP contribution < -0.4 is 10.6 Å². The topological polar surface area (TPSA) is 93.7 Å². The Bertz CT molecular complexity index is 875. The fraction of sp³-hybridized carbons (Fsp3) is 0.286. The van der Waals surface area contributed by atoms with Gasteiger partial charge in [-0.05, 0) is 62.7 Å². The first-order chi connectivity index (χ1) is 13.6. The third-order valence-electron chi connectivity index (χ3n) is 3.48. The summed E-state index contributed by atoms with van der Waals surface area (Å²) < 4.78 is 10.2. The molecule has 2 aromatic rings. The van der Waals surface area contributed by atoms with Crippen LogP contribution in [0.3, 0.4) is 0 Å². The molecule has 2 amide bonds. The molecule has 7 nitrogen and oxygen atoms in total. The molecule has 0 bridgehead atoms. The van der Waals surface area contributed by atoms with Crippen molar-refractivity contribution in [3.8, 4) is 0 Å². The minimum Gasteiger partial charge on any atom is -0.452 e. The summed E-state index contributed by atoms with van der Waals surface area (Å²) in [6.07, 6.45) is -0.593. The van der Waals surface area contributed by atoms with Crippen molar-refractivity contribution in [1.82, 2.24) is 5.32 Å². The van der Waals surface area contributed by atoms with Crippen molar-refractivity contribution in [3.63, 3.8) is 0 Å². The number of halogens is 1. The number of anilines is 1. The highest BCUT2D eigenvalue weighted by atomic mass is 35.5. The van der Waals surface area contributed by atoms with E-state index in [4.69, 9.17) is 21.1 Å². The van der Waals surface area contributed by atoms with Crippen molar-refractivity contribution < 1.29 is 23.9 Å². The van der Waals surface area contributed by atoms with Gasteiger partial charge in [-0.2, -0.15) is 0 Å². The lowest BCUT2D eigenvalue weighted by Crippen LogP contribution is -2.28. The molecule has 0 atom stereocenters. The summed E-state index contributed by atoms with van der Waals surface area (Å²) >= 11 is 5.89. The van der Waals surface area contributed by atoms with Gasteiger partial charge in [-0.3, -0.25) is 10.1 Å². The highest BCUT2D eigenvalue weighted by Crippen LogP contribution is 2.14. The smallest absolute Gasteiger partial charge is 0.412 e. The molecular formula is C21H23ClN2O5. The quantitative estimate of drug-likeness (QED) is 0.687. The van der Waals surface area contributed by atoms with E-state index in [0.29, 0.717) is 10.7 Å². The Balaban J connectivity index is 1.78. The summed E-state index contributed by atoms with van der Waals surface area (Å²) in [5, 5.41) is 5.79. The first kappa shape index (κ1) is 22.2. The fourth-order valence-electron chi connectivity index (χ4n) is 2.22. The first-order valence-electron chi connectivity index (χ1n) is 8.91. The molecular weight excluding hydrogens is 396 g/mol. The van der Waals surface area contributed by atoms with Crippen molar-refractivity contribution >= 4 is 35.3 Å². The van der Waals surface area contributed by atoms with E-state index in [0.717, 1.165) is 5.56 Å². The van der Waals surface area contributed by atoms with Gasteiger partial charge in [-0.15, -0.1) is 0 Å². The van der Waals surface area contributed by atoms with Gasteiger partial charge in [0.05, 0.1) is 5.56 Å². The molecule has 0 fully saturated rings. The van der Waals surface area contributed by atoms with E-state index in [1.807, 2.05) is 6.07 Å². The van der Waals surface area contributed by atoms with Crippen LogP contribution >= 0.6 is 11.6 Å². The summed E-state index contributed by atoms with van der Waals surface area (Å²) in [7, 11) is 0. The average molecular weight is 419 g/mol. The lowest BCUT2D eigenvalue weighted by Gasteiger charge is -2.19. The van der Waals surface area contributed by atoms with Crippen LogP contribution in [-0.4, -0.2) is 30.2 Å². The zero-order chi connectivity index (χ0) is 21.4. The molecule has 0 saturated carbocycles. The van der Waals surface area contributed by atoms with E-state index < -0.39 is 30.2 Å². The summed E-state index contributed by atoms with van der Waals surface area (Å²) in [5.74, 6) is -1.08. The lowest BCUT2D eigenvalue weighted by atomic mass is 10.2. The molecule has 2 rings (SSSR count). The Morgan fingerprint density at radius 3 is 2.34 bits per heavy atom. The molecule has 0 spiro atoms. The van der Waals surface area contributed by atoms with E-state index in [2.05, 4.69) is 10.6 Å². The molecule has 0 aliphatic carbocycles. The number of rotatable bonds is 6. The molecule has 29 heavy (non-hydrogen) atoms. The minimum absolute atomic E-state index is 0.252. The number of ether oxygens (including phenoxy) is 2. The van der Waals surface area contributed by atoms with Crippen LogP contribution in [0.2, 0.25) is 5.02 Å². The van der Waals surface area contributed by atoms with Crippen molar-refractivity contribution in [2.45, 2.75) is 32.9 Å². The van der Waals surface area contributed by atoms with Gasteiger partial charge in [0, 0.05) is 17.3 Å². The molecule has 154 valence electrons. The van der Waals surface area contributed by atoms with Crippen LogP contribution in [0.1, 0.15) is 36.7 Å². The zero-order valence-corrected chi connectivity index (χ0v) is 17.2.